The van der Waals surface area contributed by atoms with Gasteiger partial charge in [-0.05, 0) is 66.2 Å². The number of benzene rings is 2. The second kappa shape index (κ2) is 19.1. The number of carbonyl (C=O) groups excluding carboxylic acids is 7. The number of esters is 1. The van der Waals surface area contributed by atoms with Crippen molar-refractivity contribution in [3.63, 3.8) is 0 Å². The van der Waals surface area contributed by atoms with Crippen molar-refractivity contribution in [1.29, 1.82) is 0 Å². The van der Waals surface area contributed by atoms with E-state index in [1.54, 1.807) is 20.0 Å². The van der Waals surface area contributed by atoms with Crippen molar-refractivity contribution in [3.8, 4) is 0 Å². The fraction of sp³-hybridized carbons (Fsp3) is 0.533. The molecule has 0 spiro atoms. The third-order valence-electron chi connectivity index (χ3n) is 11.8. The Kier molecular flexibility index (Phi) is 14.0. The number of ether oxygens (including phenoxy) is 1. The Morgan fingerprint density at radius 2 is 1.58 bits per heavy atom. The maximum atomic E-state index is 14.6. The van der Waals surface area contributed by atoms with Crippen molar-refractivity contribution in [3.05, 3.63) is 71.4 Å². The van der Waals surface area contributed by atoms with Crippen LogP contribution in [-0.2, 0) is 51.3 Å². The fourth-order valence-corrected chi connectivity index (χ4v) is 8.66. The molecule has 15 nitrogen and oxygen atoms in total. The number of likely N-dealkylation sites (tertiary alicyclic amines) is 1. The molecule has 4 aliphatic rings. The third kappa shape index (κ3) is 10.2. The molecule has 7 atom stereocenters. The lowest BCUT2D eigenvalue weighted by Crippen LogP contribution is -2.61. The van der Waals surface area contributed by atoms with Crippen LogP contribution in [0.5, 0.6) is 0 Å². The summed E-state index contributed by atoms with van der Waals surface area (Å²) in [7, 11) is 0. The minimum absolute atomic E-state index is 0.0526. The molecule has 0 unspecified atom stereocenters. The standard InChI is InChI=1S/C45H59N7O8/c1-24(2)19-33-41(55)50-38(26(5)6)42(56)49-34(44(58)52-18-10-13-35(52)45(59)60-23-27-11-8-7-9-12-27)21-29-22-46-32-20-28(14-15-30(29)32)37(25(3)4)39(43(57)48-33)51-40(54)31-16-17-36(53)47-31/h7-9,11-12,14-15,20,22,24-26,31,33-35,37-39,46H,10,13,16-19,21,23H2,1-6H3,(H,47,53)(H,48,57)(H,49,56)(H,50,55)(H,51,54)/t31-,33-,34-,35-,37+,38-,39-/m0/s1. The number of H-pyrrole nitrogens is 1. The van der Waals surface area contributed by atoms with Gasteiger partial charge in [0.1, 0.15) is 42.9 Å². The Morgan fingerprint density at radius 3 is 2.25 bits per heavy atom. The Bertz CT molecular complexity index is 2080. The summed E-state index contributed by atoms with van der Waals surface area (Å²) in [5.74, 6) is -4.72. The molecule has 6 N–H and O–H groups in total. The third-order valence-corrected chi connectivity index (χ3v) is 11.8. The smallest absolute Gasteiger partial charge is 0.329 e. The molecule has 2 saturated heterocycles. The molecule has 60 heavy (non-hydrogen) atoms. The van der Waals surface area contributed by atoms with Gasteiger partial charge in [0.15, 0.2) is 0 Å². The number of carbonyl (C=O) groups is 7. The van der Waals surface area contributed by atoms with Gasteiger partial charge in [-0.15, -0.1) is 0 Å². The van der Waals surface area contributed by atoms with Gasteiger partial charge in [-0.25, -0.2) is 4.79 Å². The molecule has 2 aromatic carbocycles. The van der Waals surface area contributed by atoms with Crippen LogP contribution in [0.3, 0.4) is 0 Å². The number of aromatic amines is 1. The molecule has 0 radical (unpaired) electrons. The van der Waals surface area contributed by atoms with Gasteiger partial charge in [0, 0.05) is 42.4 Å². The molecule has 7 rings (SSSR count). The van der Waals surface area contributed by atoms with Crippen LogP contribution in [0.1, 0.15) is 96.3 Å². The van der Waals surface area contributed by atoms with Crippen LogP contribution in [0, 0.1) is 17.8 Å². The number of nitrogens with one attached hydrogen (secondary N) is 6. The predicted molar refractivity (Wildman–Crippen MR) is 224 cm³/mol. The Morgan fingerprint density at radius 1 is 0.833 bits per heavy atom. The number of nitrogens with zero attached hydrogens (tertiary/aromatic N) is 1. The number of fused-ring (bicyclic) bond motifs is 12. The SMILES string of the molecule is CC(C)C[C@@H]1NC(=O)[C@@H](NC(=O)[C@@H]2CCC(=O)N2)[C@H](C(C)C)c2ccc3c(c[nH]c3c2)C[C@@H](C(=O)N2CCC[C@H]2C(=O)OCc2ccccc2)NC(=O)[C@H](C(C)C)NC1=O. The maximum Gasteiger partial charge on any atom is 0.329 e. The minimum atomic E-state index is -1.14. The summed E-state index contributed by atoms with van der Waals surface area (Å²) in [5.41, 5.74) is 3.00. The van der Waals surface area contributed by atoms with Crippen molar-refractivity contribution >= 4 is 52.3 Å². The fourth-order valence-electron chi connectivity index (χ4n) is 8.66. The lowest BCUT2D eigenvalue weighted by molar-refractivity contribution is -0.155. The Hall–Kier alpha value is -5.73. The zero-order valence-corrected chi connectivity index (χ0v) is 35.3. The summed E-state index contributed by atoms with van der Waals surface area (Å²) in [5, 5.41) is 15.1. The molecule has 4 aliphatic heterocycles. The summed E-state index contributed by atoms with van der Waals surface area (Å²) >= 11 is 0. The number of rotatable bonds is 10. The quantitative estimate of drug-likeness (QED) is 0.132. The van der Waals surface area contributed by atoms with Crippen LogP contribution in [0.25, 0.3) is 10.9 Å². The number of hydrogen-bond acceptors (Lipinski definition) is 8. The van der Waals surface area contributed by atoms with Crippen molar-refractivity contribution in [1.82, 2.24) is 36.5 Å². The highest BCUT2D eigenvalue weighted by Crippen LogP contribution is 2.33. The second-order valence-electron chi connectivity index (χ2n) is 17.5. The molecule has 0 aliphatic carbocycles. The lowest BCUT2D eigenvalue weighted by atomic mass is 9.81. The van der Waals surface area contributed by atoms with Gasteiger partial charge in [-0.3, -0.25) is 28.8 Å². The first-order valence-corrected chi connectivity index (χ1v) is 21.2. The molecule has 2 fully saturated rings. The van der Waals surface area contributed by atoms with Gasteiger partial charge in [0.2, 0.25) is 35.4 Å². The second-order valence-corrected chi connectivity index (χ2v) is 17.5. The summed E-state index contributed by atoms with van der Waals surface area (Å²) < 4.78 is 5.67. The topological polar surface area (TPSA) is 208 Å². The molecule has 0 saturated carbocycles. The van der Waals surface area contributed by atoms with E-state index in [4.69, 9.17) is 4.74 Å². The van der Waals surface area contributed by atoms with Crippen LogP contribution in [0.4, 0.5) is 0 Å². The first kappa shape index (κ1) is 43.8. The number of hydrogen-bond donors (Lipinski definition) is 6. The van der Waals surface area contributed by atoms with Crippen LogP contribution in [0.2, 0.25) is 0 Å². The highest BCUT2D eigenvalue weighted by Gasteiger charge is 2.42. The zero-order valence-electron chi connectivity index (χ0n) is 35.3. The molecule has 15 heteroatoms. The van der Waals surface area contributed by atoms with E-state index in [0.29, 0.717) is 31.3 Å². The summed E-state index contributed by atoms with van der Waals surface area (Å²) in [6.07, 6.45) is 3.55. The van der Waals surface area contributed by atoms with E-state index in [-0.39, 0.29) is 43.6 Å². The normalized spacial score (nSPS) is 25.4. The van der Waals surface area contributed by atoms with Gasteiger partial charge in [0.25, 0.3) is 0 Å². The minimum Gasteiger partial charge on any atom is -0.459 e. The van der Waals surface area contributed by atoms with Gasteiger partial charge in [0.05, 0.1) is 0 Å². The first-order valence-electron chi connectivity index (χ1n) is 21.2. The largest absolute Gasteiger partial charge is 0.459 e. The van der Waals surface area contributed by atoms with E-state index in [1.165, 1.54) is 4.90 Å². The van der Waals surface area contributed by atoms with Gasteiger partial charge in [-0.1, -0.05) is 84.0 Å². The van der Waals surface area contributed by atoms with E-state index < -0.39 is 83.6 Å². The molecule has 6 amide bonds. The van der Waals surface area contributed by atoms with Crippen molar-refractivity contribution in [2.45, 2.75) is 129 Å². The Labute approximate surface area is 350 Å². The van der Waals surface area contributed by atoms with Crippen LogP contribution >= 0.6 is 0 Å². The first-order chi connectivity index (χ1) is 28.6. The van der Waals surface area contributed by atoms with Gasteiger partial charge < -0.3 is 41.2 Å². The molecule has 322 valence electrons. The van der Waals surface area contributed by atoms with E-state index in [1.807, 2.05) is 76.2 Å². The predicted octanol–water partition coefficient (Wildman–Crippen LogP) is 3.12. The van der Waals surface area contributed by atoms with Crippen LogP contribution in [0.15, 0.2) is 54.7 Å². The Balaban J connectivity index is 1.38. The monoisotopic (exact) mass is 825 g/mol. The molecule has 5 heterocycles. The van der Waals surface area contributed by atoms with Gasteiger partial charge >= 0.3 is 5.97 Å². The van der Waals surface area contributed by atoms with Crippen LogP contribution in [-0.4, -0.2) is 94.1 Å². The number of amides is 6. The van der Waals surface area contributed by atoms with E-state index >= 15 is 0 Å². The molecular formula is C45H59N7O8. The molecule has 4 bridgehead atoms. The zero-order chi connectivity index (χ0) is 43.2. The van der Waals surface area contributed by atoms with E-state index in [9.17, 15) is 33.6 Å². The highest BCUT2D eigenvalue weighted by molar-refractivity contribution is 5.98. The van der Waals surface area contributed by atoms with Gasteiger partial charge in [-0.2, -0.15) is 0 Å². The van der Waals surface area contributed by atoms with Crippen molar-refractivity contribution < 1.29 is 38.3 Å². The van der Waals surface area contributed by atoms with Crippen LogP contribution < -0.4 is 26.6 Å². The molecular weight excluding hydrogens is 767 g/mol. The lowest BCUT2D eigenvalue weighted by Gasteiger charge is -2.33. The summed E-state index contributed by atoms with van der Waals surface area (Å²) in [6.45, 7) is 11.6. The van der Waals surface area contributed by atoms with Crippen molar-refractivity contribution in [2.75, 3.05) is 6.54 Å². The number of aromatic nitrogens is 1. The summed E-state index contributed by atoms with van der Waals surface area (Å²) in [6, 6.07) is 8.90. The van der Waals surface area contributed by atoms with E-state index in [0.717, 1.165) is 22.1 Å². The maximum absolute atomic E-state index is 14.6. The molecule has 3 aromatic rings. The average Bonchev–Trinajstić information content (AvgIpc) is 3.98. The highest BCUT2D eigenvalue weighted by atomic mass is 16.5. The average molecular weight is 826 g/mol. The van der Waals surface area contributed by atoms with E-state index in [2.05, 4.69) is 31.6 Å². The molecule has 1 aromatic heterocycles. The van der Waals surface area contributed by atoms with Crippen molar-refractivity contribution in [2.24, 2.45) is 17.8 Å². The summed E-state index contributed by atoms with van der Waals surface area (Å²) in [4.78, 5) is 102.